The van der Waals surface area contributed by atoms with Crippen molar-refractivity contribution in [3.63, 3.8) is 0 Å². The minimum atomic E-state index is -0.122. The van der Waals surface area contributed by atoms with E-state index in [0.717, 1.165) is 27.8 Å². The van der Waals surface area contributed by atoms with Gasteiger partial charge in [0, 0.05) is 28.4 Å². The van der Waals surface area contributed by atoms with Crippen molar-refractivity contribution in [3.05, 3.63) is 66.7 Å². The largest absolute Gasteiger partial charge is 0.376 e. The van der Waals surface area contributed by atoms with Crippen LogP contribution in [0.2, 0.25) is 0 Å². The third-order valence-corrected chi connectivity index (χ3v) is 4.19. The molecule has 5 heteroatoms. The molecule has 0 aliphatic carbocycles. The smallest absolute Gasteiger partial charge is 0.243 e. The van der Waals surface area contributed by atoms with Crippen LogP contribution in [-0.4, -0.2) is 18.4 Å². The predicted octanol–water partition coefficient (Wildman–Crippen LogP) is 4.48. The minimum Gasteiger partial charge on any atom is -0.376 e. The van der Waals surface area contributed by atoms with E-state index in [9.17, 15) is 9.59 Å². The Bertz CT molecular complexity index is 944. The van der Waals surface area contributed by atoms with Crippen LogP contribution < -0.4 is 16.0 Å². The summed E-state index contributed by atoms with van der Waals surface area (Å²) in [5, 5.41) is 11.0. The normalized spacial score (nSPS) is 10.6. The number of carbonyl (C=O) groups is 2. The zero-order chi connectivity index (χ0) is 19.2. The molecule has 0 bridgehead atoms. The Balaban J connectivity index is 1.57. The fraction of sp³-hybridized carbons (Fsp3) is 0.182. The maximum Gasteiger partial charge on any atom is 0.243 e. The Morgan fingerprint density at radius 2 is 1.48 bits per heavy atom. The lowest BCUT2D eigenvalue weighted by Gasteiger charge is -2.11. The van der Waals surface area contributed by atoms with Crippen LogP contribution >= 0.6 is 0 Å². The third kappa shape index (κ3) is 4.85. The van der Waals surface area contributed by atoms with E-state index in [-0.39, 0.29) is 24.3 Å². The highest BCUT2D eigenvalue weighted by Gasteiger charge is 2.08. The Labute approximate surface area is 158 Å². The van der Waals surface area contributed by atoms with Crippen LogP contribution in [0.15, 0.2) is 66.7 Å². The van der Waals surface area contributed by atoms with Gasteiger partial charge in [0.1, 0.15) is 0 Å². The first-order valence-corrected chi connectivity index (χ1v) is 8.95. The summed E-state index contributed by atoms with van der Waals surface area (Å²) in [5.74, 6) is -0.214. The van der Waals surface area contributed by atoms with Crippen molar-refractivity contribution >= 4 is 39.6 Å². The summed E-state index contributed by atoms with van der Waals surface area (Å²) in [7, 11) is 0. The van der Waals surface area contributed by atoms with E-state index >= 15 is 0 Å². The van der Waals surface area contributed by atoms with Gasteiger partial charge >= 0.3 is 0 Å². The van der Waals surface area contributed by atoms with E-state index in [4.69, 9.17) is 0 Å². The first-order chi connectivity index (χ1) is 13.0. The maximum absolute atomic E-state index is 12.3. The maximum atomic E-state index is 12.3. The molecule has 0 aliphatic rings. The third-order valence-electron chi connectivity index (χ3n) is 4.19. The molecule has 0 spiro atoms. The molecule has 0 heterocycles. The van der Waals surface area contributed by atoms with Gasteiger partial charge in [-0.1, -0.05) is 50.2 Å². The highest BCUT2D eigenvalue weighted by molar-refractivity contribution is 6.03. The van der Waals surface area contributed by atoms with Crippen molar-refractivity contribution in [1.82, 2.24) is 0 Å². The van der Waals surface area contributed by atoms with Crippen molar-refractivity contribution in [2.75, 3.05) is 22.5 Å². The molecule has 5 nitrogen and oxygen atoms in total. The van der Waals surface area contributed by atoms with Crippen LogP contribution in [0, 0.1) is 5.92 Å². The summed E-state index contributed by atoms with van der Waals surface area (Å²) in [6, 6.07) is 21.1. The number of benzene rings is 3. The van der Waals surface area contributed by atoms with Gasteiger partial charge in [0.25, 0.3) is 0 Å². The van der Waals surface area contributed by atoms with E-state index in [2.05, 4.69) is 16.0 Å². The molecule has 0 fully saturated rings. The number of anilines is 3. The molecule has 0 radical (unpaired) electrons. The van der Waals surface area contributed by atoms with Crippen LogP contribution in [-0.2, 0) is 9.59 Å². The molecular weight excluding hydrogens is 338 g/mol. The summed E-state index contributed by atoms with van der Waals surface area (Å²) in [6.45, 7) is 3.85. The van der Waals surface area contributed by atoms with Crippen LogP contribution in [0.1, 0.15) is 13.8 Å². The van der Waals surface area contributed by atoms with Crippen molar-refractivity contribution in [3.8, 4) is 0 Å². The van der Waals surface area contributed by atoms with Gasteiger partial charge in [-0.2, -0.15) is 0 Å². The molecule has 0 saturated heterocycles. The number of fused-ring (bicyclic) bond motifs is 1. The summed E-state index contributed by atoms with van der Waals surface area (Å²) < 4.78 is 0. The fourth-order valence-corrected chi connectivity index (χ4v) is 2.67. The van der Waals surface area contributed by atoms with Gasteiger partial charge in [-0.05, 0) is 35.7 Å². The number of nitrogens with one attached hydrogen (secondary N) is 3. The van der Waals surface area contributed by atoms with Crippen molar-refractivity contribution < 1.29 is 9.59 Å². The van der Waals surface area contributed by atoms with Crippen LogP contribution in [0.25, 0.3) is 10.8 Å². The van der Waals surface area contributed by atoms with Crippen LogP contribution in [0.4, 0.5) is 17.1 Å². The Morgan fingerprint density at radius 3 is 2.22 bits per heavy atom. The molecule has 3 N–H and O–H groups in total. The predicted molar refractivity (Wildman–Crippen MR) is 111 cm³/mol. The number of hydrogen-bond acceptors (Lipinski definition) is 3. The molecule has 3 rings (SSSR count). The number of rotatable bonds is 6. The molecule has 0 atom stereocenters. The SMILES string of the molecule is CC(C)C(=O)Nc1ccc(NCC(=O)Nc2cccc3ccccc23)cc1. The van der Waals surface area contributed by atoms with Gasteiger partial charge in [-0.15, -0.1) is 0 Å². The number of hydrogen-bond donors (Lipinski definition) is 3. The molecule has 0 aromatic heterocycles. The lowest BCUT2D eigenvalue weighted by atomic mass is 10.1. The minimum absolute atomic E-state index is 0.0230. The van der Waals surface area contributed by atoms with Gasteiger partial charge in [0.05, 0.1) is 6.54 Å². The summed E-state index contributed by atoms with van der Waals surface area (Å²) >= 11 is 0. The molecule has 0 unspecified atom stereocenters. The van der Waals surface area contributed by atoms with E-state index in [1.54, 1.807) is 0 Å². The Kier molecular flexibility index (Phi) is 5.71. The average Bonchev–Trinajstić information content (AvgIpc) is 2.67. The highest BCUT2D eigenvalue weighted by atomic mass is 16.2. The molecule has 0 aliphatic heterocycles. The Morgan fingerprint density at radius 1 is 0.815 bits per heavy atom. The van der Waals surface area contributed by atoms with Gasteiger partial charge in [-0.25, -0.2) is 0 Å². The van der Waals surface area contributed by atoms with E-state index in [1.165, 1.54) is 0 Å². The molecule has 0 saturated carbocycles. The second kappa shape index (κ2) is 8.36. The van der Waals surface area contributed by atoms with Gasteiger partial charge in [-0.3, -0.25) is 9.59 Å². The molecule has 27 heavy (non-hydrogen) atoms. The van der Waals surface area contributed by atoms with E-state index in [0.29, 0.717) is 0 Å². The van der Waals surface area contributed by atoms with Gasteiger partial charge < -0.3 is 16.0 Å². The summed E-state index contributed by atoms with van der Waals surface area (Å²) in [4.78, 5) is 24.0. The molecule has 138 valence electrons. The summed E-state index contributed by atoms with van der Waals surface area (Å²) in [5.41, 5.74) is 2.34. The average molecular weight is 361 g/mol. The molecule has 3 aromatic carbocycles. The standard InChI is InChI=1S/C22H23N3O2/c1-15(2)22(27)24-18-12-10-17(11-13-18)23-14-21(26)25-20-9-5-7-16-6-3-4-8-19(16)20/h3-13,15,23H,14H2,1-2H3,(H,24,27)(H,25,26). The lowest BCUT2D eigenvalue weighted by Crippen LogP contribution is -2.22. The van der Waals surface area contributed by atoms with Gasteiger partial charge in [0.15, 0.2) is 0 Å². The second-order valence-electron chi connectivity index (χ2n) is 6.65. The van der Waals surface area contributed by atoms with E-state index < -0.39 is 0 Å². The monoisotopic (exact) mass is 361 g/mol. The number of amides is 2. The second-order valence-corrected chi connectivity index (χ2v) is 6.65. The molecular formula is C22H23N3O2. The zero-order valence-electron chi connectivity index (χ0n) is 15.5. The first-order valence-electron chi connectivity index (χ1n) is 8.95. The lowest BCUT2D eigenvalue weighted by molar-refractivity contribution is -0.119. The number of carbonyl (C=O) groups excluding carboxylic acids is 2. The topological polar surface area (TPSA) is 70.2 Å². The van der Waals surface area contributed by atoms with Crippen molar-refractivity contribution in [2.45, 2.75) is 13.8 Å². The molecule has 2 amide bonds. The van der Waals surface area contributed by atoms with Crippen LogP contribution in [0.3, 0.4) is 0 Å². The molecule has 3 aromatic rings. The summed E-state index contributed by atoms with van der Waals surface area (Å²) in [6.07, 6.45) is 0. The van der Waals surface area contributed by atoms with Gasteiger partial charge in [0.2, 0.25) is 11.8 Å². The van der Waals surface area contributed by atoms with Crippen LogP contribution in [0.5, 0.6) is 0 Å². The first kappa shape index (κ1) is 18.5. The quantitative estimate of drug-likeness (QED) is 0.606. The fourth-order valence-electron chi connectivity index (χ4n) is 2.67. The van der Waals surface area contributed by atoms with E-state index in [1.807, 2.05) is 80.6 Å². The Hall–Kier alpha value is -3.34. The van der Waals surface area contributed by atoms with Crippen molar-refractivity contribution in [2.24, 2.45) is 5.92 Å². The van der Waals surface area contributed by atoms with Crippen molar-refractivity contribution in [1.29, 1.82) is 0 Å². The highest BCUT2D eigenvalue weighted by Crippen LogP contribution is 2.23. The zero-order valence-corrected chi connectivity index (χ0v) is 15.5.